The first-order valence-corrected chi connectivity index (χ1v) is 5.84. The zero-order chi connectivity index (χ0) is 13.8. The van der Waals surface area contributed by atoms with Crippen LogP contribution in [-0.2, 0) is 6.54 Å². The average molecular weight is 258 g/mol. The van der Waals surface area contributed by atoms with Crippen molar-refractivity contribution < 1.29 is 4.92 Å². The first-order chi connectivity index (χ1) is 9.08. The summed E-state index contributed by atoms with van der Waals surface area (Å²) in [5.41, 5.74) is 2.32. The molecule has 0 saturated heterocycles. The van der Waals surface area contributed by atoms with Gasteiger partial charge in [-0.05, 0) is 32.0 Å². The van der Waals surface area contributed by atoms with E-state index in [9.17, 15) is 10.1 Å². The zero-order valence-corrected chi connectivity index (χ0v) is 10.8. The highest BCUT2D eigenvalue weighted by molar-refractivity contribution is 5.59. The maximum atomic E-state index is 11.0. The van der Waals surface area contributed by atoms with Crippen LogP contribution in [0.3, 0.4) is 0 Å². The zero-order valence-electron chi connectivity index (χ0n) is 10.8. The minimum absolute atomic E-state index is 0.00940. The standard InChI is InChI=1S/C13H14N4O2/c1-9-6-7-14-13(12(9)17(18)19)15-8-11-5-3-4-10(2)16-11/h3-7H,8H2,1-2H3,(H,14,15). The van der Waals surface area contributed by atoms with Crippen LogP contribution in [0.5, 0.6) is 0 Å². The molecule has 98 valence electrons. The molecule has 0 bridgehead atoms. The number of aryl methyl sites for hydroxylation is 2. The molecule has 0 amide bonds. The first kappa shape index (κ1) is 12.9. The van der Waals surface area contributed by atoms with Crippen LogP contribution in [0.15, 0.2) is 30.5 Å². The Morgan fingerprint density at radius 1 is 1.32 bits per heavy atom. The van der Waals surface area contributed by atoms with Crippen molar-refractivity contribution >= 4 is 11.5 Å². The molecule has 2 rings (SSSR count). The summed E-state index contributed by atoms with van der Waals surface area (Å²) in [4.78, 5) is 18.9. The van der Waals surface area contributed by atoms with E-state index in [1.807, 2.05) is 25.1 Å². The highest BCUT2D eigenvalue weighted by Gasteiger charge is 2.18. The Morgan fingerprint density at radius 2 is 2.11 bits per heavy atom. The molecule has 0 aromatic carbocycles. The molecule has 6 nitrogen and oxygen atoms in total. The summed E-state index contributed by atoms with van der Waals surface area (Å²) < 4.78 is 0. The smallest absolute Gasteiger partial charge is 0.314 e. The molecule has 0 radical (unpaired) electrons. The van der Waals surface area contributed by atoms with E-state index in [-0.39, 0.29) is 11.5 Å². The molecule has 2 heterocycles. The quantitative estimate of drug-likeness (QED) is 0.673. The monoisotopic (exact) mass is 258 g/mol. The minimum atomic E-state index is -0.422. The van der Waals surface area contributed by atoms with Crippen molar-refractivity contribution in [3.8, 4) is 0 Å². The van der Waals surface area contributed by atoms with E-state index in [1.54, 1.807) is 19.2 Å². The van der Waals surface area contributed by atoms with Crippen molar-refractivity contribution in [2.75, 3.05) is 5.32 Å². The van der Waals surface area contributed by atoms with Gasteiger partial charge in [0.2, 0.25) is 5.82 Å². The predicted molar refractivity (Wildman–Crippen MR) is 71.9 cm³/mol. The van der Waals surface area contributed by atoms with Crippen LogP contribution in [-0.4, -0.2) is 14.9 Å². The number of rotatable bonds is 4. The fraction of sp³-hybridized carbons (Fsp3) is 0.231. The van der Waals surface area contributed by atoms with E-state index in [0.717, 1.165) is 11.4 Å². The predicted octanol–water partition coefficient (Wildman–Crippen LogP) is 2.61. The summed E-state index contributed by atoms with van der Waals surface area (Å²) in [6.07, 6.45) is 1.55. The second kappa shape index (κ2) is 5.43. The molecule has 6 heteroatoms. The minimum Gasteiger partial charge on any atom is -0.359 e. The fourth-order valence-electron chi connectivity index (χ4n) is 1.78. The lowest BCUT2D eigenvalue weighted by Gasteiger charge is -2.07. The van der Waals surface area contributed by atoms with Crippen molar-refractivity contribution in [1.29, 1.82) is 0 Å². The highest BCUT2D eigenvalue weighted by Crippen LogP contribution is 2.25. The number of nitro groups is 1. The van der Waals surface area contributed by atoms with Crippen molar-refractivity contribution in [3.05, 3.63) is 57.5 Å². The van der Waals surface area contributed by atoms with Gasteiger partial charge in [0.05, 0.1) is 17.2 Å². The molecule has 0 fully saturated rings. The SMILES string of the molecule is Cc1cccc(CNc2nccc(C)c2[N+](=O)[O-])n1. The Balaban J connectivity index is 2.20. The Bertz CT molecular complexity index is 613. The van der Waals surface area contributed by atoms with Crippen LogP contribution in [0.2, 0.25) is 0 Å². The third-order valence-corrected chi connectivity index (χ3v) is 2.69. The first-order valence-electron chi connectivity index (χ1n) is 5.84. The third kappa shape index (κ3) is 3.04. The topological polar surface area (TPSA) is 81.0 Å². The van der Waals surface area contributed by atoms with E-state index < -0.39 is 4.92 Å². The largest absolute Gasteiger partial charge is 0.359 e. The van der Waals surface area contributed by atoms with Crippen LogP contribution in [0.4, 0.5) is 11.5 Å². The summed E-state index contributed by atoms with van der Waals surface area (Å²) >= 11 is 0. The van der Waals surface area contributed by atoms with Crippen LogP contribution in [0, 0.1) is 24.0 Å². The molecule has 0 spiro atoms. The molecule has 2 aromatic heterocycles. The van der Waals surface area contributed by atoms with Gasteiger partial charge in [0, 0.05) is 17.5 Å². The lowest BCUT2D eigenvalue weighted by molar-refractivity contribution is -0.384. The number of nitrogens with zero attached hydrogens (tertiary/aromatic N) is 3. The normalized spacial score (nSPS) is 10.2. The molecule has 0 unspecified atom stereocenters. The molecule has 0 atom stereocenters. The second-order valence-electron chi connectivity index (χ2n) is 4.21. The lowest BCUT2D eigenvalue weighted by atomic mass is 10.2. The van der Waals surface area contributed by atoms with E-state index in [1.165, 1.54) is 0 Å². The summed E-state index contributed by atoms with van der Waals surface area (Å²) in [5.74, 6) is 0.272. The molecule has 1 N–H and O–H groups in total. The number of nitrogens with one attached hydrogen (secondary N) is 1. The summed E-state index contributed by atoms with van der Waals surface area (Å²) in [6.45, 7) is 3.99. The maximum Gasteiger partial charge on any atom is 0.314 e. The van der Waals surface area contributed by atoms with Crippen LogP contribution in [0.1, 0.15) is 17.0 Å². The second-order valence-corrected chi connectivity index (χ2v) is 4.21. The Labute approximate surface area is 110 Å². The number of pyridine rings is 2. The van der Waals surface area contributed by atoms with Gasteiger partial charge in [-0.1, -0.05) is 6.07 Å². The fourth-order valence-corrected chi connectivity index (χ4v) is 1.78. The number of anilines is 1. The number of aromatic nitrogens is 2. The van der Waals surface area contributed by atoms with Gasteiger partial charge in [0.15, 0.2) is 0 Å². The molecular formula is C13H14N4O2. The summed E-state index contributed by atoms with van der Waals surface area (Å²) in [5, 5.41) is 14.0. The van der Waals surface area contributed by atoms with E-state index in [0.29, 0.717) is 12.1 Å². The lowest BCUT2D eigenvalue weighted by Crippen LogP contribution is -2.07. The maximum absolute atomic E-state index is 11.0. The highest BCUT2D eigenvalue weighted by atomic mass is 16.6. The molecule has 19 heavy (non-hydrogen) atoms. The molecule has 0 aliphatic carbocycles. The van der Waals surface area contributed by atoms with Gasteiger partial charge < -0.3 is 5.32 Å². The van der Waals surface area contributed by atoms with Crippen LogP contribution < -0.4 is 5.32 Å². The van der Waals surface area contributed by atoms with Gasteiger partial charge in [0.25, 0.3) is 0 Å². The van der Waals surface area contributed by atoms with Gasteiger partial charge in [-0.15, -0.1) is 0 Å². The summed E-state index contributed by atoms with van der Waals surface area (Å²) in [7, 11) is 0. The third-order valence-electron chi connectivity index (χ3n) is 2.69. The van der Waals surface area contributed by atoms with Crippen molar-refractivity contribution in [2.45, 2.75) is 20.4 Å². The van der Waals surface area contributed by atoms with E-state index in [2.05, 4.69) is 15.3 Å². The molecular weight excluding hydrogens is 244 g/mol. The average Bonchev–Trinajstić information content (AvgIpc) is 2.36. The Hall–Kier alpha value is -2.50. The van der Waals surface area contributed by atoms with E-state index in [4.69, 9.17) is 0 Å². The molecule has 0 aliphatic rings. The van der Waals surface area contributed by atoms with Crippen LogP contribution in [0.25, 0.3) is 0 Å². The number of hydrogen-bond acceptors (Lipinski definition) is 5. The Kier molecular flexibility index (Phi) is 3.70. The van der Waals surface area contributed by atoms with Crippen molar-refractivity contribution in [3.63, 3.8) is 0 Å². The summed E-state index contributed by atoms with van der Waals surface area (Å²) in [6, 6.07) is 7.28. The van der Waals surface area contributed by atoms with Gasteiger partial charge in [0.1, 0.15) is 0 Å². The van der Waals surface area contributed by atoms with Gasteiger partial charge >= 0.3 is 5.69 Å². The molecule has 0 saturated carbocycles. The van der Waals surface area contributed by atoms with Gasteiger partial charge in [-0.25, -0.2) is 4.98 Å². The molecule has 0 aliphatic heterocycles. The van der Waals surface area contributed by atoms with E-state index >= 15 is 0 Å². The van der Waals surface area contributed by atoms with Crippen molar-refractivity contribution in [2.24, 2.45) is 0 Å². The molecule has 2 aromatic rings. The van der Waals surface area contributed by atoms with Gasteiger partial charge in [-0.2, -0.15) is 0 Å². The number of hydrogen-bond donors (Lipinski definition) is 1. The van der Waals surface area contributed by atoms with Crippen molar-refractivity contribution in [1.82, 2.24) is 9.97 Å². The van der Waals surface area contributed by atoms with Gasteiger partial charge in [-0.3, -0.25) is 15.1 Å². The van der Waals surface area contributed by atoms with Crippen LogP contribution >= 0.6 is 0 Å². The Morgan fingerprint density at radius 3 is 2.79 bits per heavy atom.